The molecule has 6 nitrogen and oxygen atoms in total. The van der Waals surface area contributed by atoms with Crippen LogP contribution in [0.1, 0.15) is 9.80 Å². The van der Waals surface area contributed by atoms with E-state index in [-0.39, 0.29) is 16.0 Å². The molecular weight excluding hydrogens is 230 g/mol. The number of carbonyl (C=O) groups is 2. The van der Waals surface area contributed by atoms with E-state index < -0.39 is 11.9 Å². The van der Waals surface area contributed by atoms with E-state index >= 15 is 0 Å². The lowest BCUT2D eigenvalue weighted by Gasteiger charge is -1.93. The predicted molar refractivity (Wildman–Crippen MR) is 50.6 cm³/mol. The molecule has 0 aromatic carbocycles. The summed E-state index contributed by atoms with van der Waals surface area (Å²) in [6.45, 7) is 0. The molecule has 0 atom stereocenters. The second-order valence-electron chi connectivity index (χ2n) is 2.09. The van der Waals surface area contributed by atoms with Gasteiger partial charge in [0.05, 0.1) is 7.11 Å². The van der Waals surface area contributed by atoms with Gasteiger partial charge in [-0.1, -0.05) is 11.3 Å². The summed E-state index contributed by atoms with van der Waals surface area (Å²) in [7, 11) is 1.24. The number of methoxy groups -OCH3 is 1. The molecule has 0 fully saturated rings. The van der Waals surface area contributed by atoms with Gasteiger partial charge in [-0.2, -0.15) is 0 Å². The fraction of sp³-hybridized carbons (Fsp3) is 0.333. The van der Waals surface area contributed by atoms with Crippen molar-refractivity contribution in [3.05, 3.63) is 5.01 Å². The van der Waals surface area contributed by atoms with Gasteiger partial charge in [-0.25, -0.2) is 4.79 Å². The molecule has 0 saturated heterocycles. The Bertz CT molecular complexity index is 354. The first-order valence-corrected chi connectivity index (χ1v) is 4.80. The fourth-order valence-electron chi connectivity index (χ4n) is 0.596. The van der Waals surface area contributed by atoms with Crippen LogP contribution in [0.2, 0.25) is 0 Å². The Balaban J connectivity index is 2.68. The summed E-state index contributed by atoms with van der Waals surface area (Å²) in [5, 5.41) is 9.72. The van der Waals surface area contributed by atoms with Gasteiger partial charge >= 0.3 is 5.97 Å². The first kappa shape index (κ1) is 10.9. The number of nitrogens with one attached hydrogen (secondary N) is 1. The van der Waals surface area contributed by atoms with Gasteiger partial charge in [0, 0.05) is 0 Å². The van der Waals surface area contributed by atoms with Crippen molar-refractivity contribution in [3.63, 3.8) is 0 Å². The highest BCUT2D eigenvalue weighted by Gasteiger charge is 2.13. The number of nitrogens with zero attached hydrogens (tertiary/aromatic N) is 2. The normalized spacial score (nSPS) is 9.57. The van der Waals surface area contributed by atoms with Gasteiger partial charge in [0.25, 0.3) is 0 Å². The number of alkyl halides is 1. The van der Waals surface area contributed by atoms with Crippen LogP contribution >= 0.6 is 22.9 Å². The van der Waals surface area contributed by atoms with Crippen LogP contribution in [0.5, 0.6) is 0 Å². The molecule has 0 spiro atoms. The number of aromatic nitrogens is 2. The molecular formula is C6H6ClN3O3S. The molecule has 1 rings (SSSR count). The maximum Gasteiger partial charge on any atom is 0.369 e. The smallest absolute Gasteiger partial charge is 0.369 e. The Labute approximate surface area is 88.2 Å². The first-order valence-electron chi connectivity index (χ1n) is 3.45. The summed E-state index contributed by atoms with van der Waals surface area (Å²) in [5.74, 6) is -1.17. The van der Waals surface area contributed by atoms with E-state index in [9.17, 15) is 9.59 Å². The number of amides is 1. The number of hydrogen-bond donors (Lipinski definition) is 1. The van der Waals surface area contributed by atoms with E-state index in [0.29, 0.717) is 0 Å². The minimum atomic E-state index is -0.589. The zero-order chi connectivity index (χ0) is 10.6. The molecule has 0 saturated carbocycles. The number of esters is 1. The van der Waals surface area contributed by atoms with Crippen LogP contribution in [0, 0.1) is 0 Å². The lowest BCUT2D eigenvalue weighted by Crippen LogP contribution is -2.12. The number of anilines is 1. The lowest BCUT2D eigenvalue weighted by atomic mass is 10.7. The van der Waals surface area contributed by atoms with Crippen LogP contribution in [-0.4, -0.2) is 35.1 Å². The van der Waals surface area contributed by atoms with Gasteiger partial charge in [-0.05, 0) is 0 Å². The minimum absolute atomic E-state index is 0.0809. The van der Waals surface area contributed by atoms with Crippen LogP contribution in [-0.2, 0) is 9.53 Å². The third-order valence-corrected chi connectivity index (χ3v) is 2.21. The average Bonchev–Trinajstić information content (AvgIpc) is 2.65. The molecule has 8 heteroatoms. The molecule has 0 bridgehead atoms. The Morgan fingerprint density at radius 2 is 2.29 bits per heavy atom. The van der Waals surface area contributed by atoms with Crippen molar-refractivity contribution in [3.8, 4) is 0 Å². The highest BCUT2D eigenvalue weighted by Crippen LogP contribution is 2.15. The minimum Gasteiger partial charge on any atom is -0.464 e. The number of carbonyl (C=O) groups excluding carboxylic acids is 2. The summed E-state index contributed by atoms with van der Waals surface area (Å²) in [6.07, 6.45) is 0. The van der Waals surface area contributed by atoms with Crippen LogP contribution in [0.4, 0.5) is 5.13 Å². The number of rotatable bonds is 3. The molecule has 0 aliphatic rings. The first-order chi connectivity index (χ1) is 6.67. The van der Waals surface area contributed by atoms with E-state index in [4.69, 9.17) is 11.6 Å². The standard InChI is InChI=1S/C6H6ClN3O3S/c1-13-5(12)4-9-10-6(14-4)8-3(11)2-7/h2H2,1H3,(H,8,10,11). The maximum absolute atomic E-state index is 10.9. The van der Waals surface area contributed by atoms with Gasteiger partial charge < -0.3 is 4.74 Å². The van der Waals surface area contributed by atoms with Gasteiger partial charge in [0.1, 0.15) is 5.88 Å². The average molecular weight is 236 g/mol. The molecule has 0 aliphatic carbocycles. The zero-order valence-corrected chi connectivity index (χ0v) is 8.68. The second kappa shape index (κ2) is 4.87. The van der Waals surface area contributed by atoms with Crippen molar-refractivity contribution < 1.29 is 14.3 Å². The van der Waals surface area contributed by atoms with Crippen molar-refractivity contribution in [1.29, 1.82) is 0 Å². The van der Waals surface area contributed by atoms with E-state index in [1.54, 1.807) is 0 Å². The van der Waals surface area contributed by atoms with Crippen molar-refractivity contribution in [2.45, 2.75) is 0 Å². The Morgan fingerprint density at radius 1 is 1.57 bits per heavy atom. The van der Waals surface area contributed by atoms with Crippen LogP contribution in [0.3, 0.4) is 0 Å². The molecule has 1 aromatic rings. The largest absolute Gasteiger partial charge is 0.464 e. The van der Waals surface area contributed by atoms with Gasteiger partial charge in [-0.15, -0.1) is 21.8 Å². The quantitative estimate of drug-likeness (QED) is 0.610. The third kappa shape index (κ3) is 2.64. The zero-order valence-electron chi connectivity index (χ0n) is 7.11. The van der Waals surface area contributed by atoms with E-state index in [1.807, 2.05) is 0 Å². The summed E-state index contributed by atoms with van der Waals surface area (Å²) in [5.41, 5.74) is 0. The van der Waals surface area contributed by atoms with Gasteiger partial charge in [0.2, 0.25) is 16.0 Å². The van der Waals surface area contributed by atoms with E-state index in [2.05, 4.69) is 20.3 Å². The van der Waals surface area contributed by atoms with Crippen molar-refractivity contribution in [2.75, 3.05) is 18.3 Å². The highest BCUT2D eigenvalue weighted by atomic mass is 35.5. The monoisotopic (exact) mass is 235 g/mol. The van der Waals surface area contributed by atoms with Crippen LogP contribution in [0.25, 0.3) is 0 Å². The molecule has 76 valence electrons. The second-order valence-corrected chi connectivity index (χ2v) is 3.33. The number of ether oxygens (including phenoxy) is 1. The SMILES string of the molecule is COC(=O)c1nnc(NC(=O)CCl)s1. The molecule has 1 heterocycles. The van der Waals surface area contributed by atoms with E-state index in [0.717, 1.165) is 11.3 Å². The van der Waals surface area contributed by atoms with Crippen molar-refractivity contribution in [1.82, 2.24) is 10.2 Å². The Hall–Kier alpha value is -1.21. The summed E-state index contributed by atoms with van der Waals surface area (Å²) in [4.78, 5) is 21.7. The fourth-order valence-corrected chi connectivity index (χ4v) is 1.34. The molecule has 0 unspecified atom stereocenters. The molecule has 1 aromatic heterocycles. The molecule has 0 radical (unpaired) electrons. The van der Waals surface area contributed by atoms with Gasteiger partial charge in [-0.3, -0.25) is 10.1 Å². The maximum atomic E-state index is 10.9. The summed E-state index contributed by atoms with van der Waals surface area (Å²) in [6, 6.07) is 0. The Kier molecular flexibility index (Phi) is 3.78. The summed E-state index contributed by atoms with van der Waals surface area (Å²) >= 11 is 6.17. The topological polar surface area (TPSA) is 81.2 Å². The molecule has 14 heavy (non-hydrogen) atoms. The van der Waals surface area contributed by atoms with Crippen molar-refractivity contribution >= 4 is 39.9 Å². The molecule has 1 amide bonds. The van der Waals surface area contributed by atoms with Crippen molar-refractivity contribution in [2.24, 2.45) is 0 Å². The van der Waals surface area contributed by atoms with Crippen LogP contribution < -0.4 is 5.32 Å². The highest BCUT2D eigenvalue weighted by molar-refractivity contribution is 7.17. The Morgan fingerprint density at radius 3 is 2.86 bits per heavy atom. The molecule has 1 N–H and O–H groups in total. The number of halogens is 1. The van der Waals surface area contributed by atoms with Gasteiger partial charge in [0.15, 0.2) is 0 Å². The van der Waals surface area contributed by atoms with Crippen LogP contribution in [0.15, 0.2) is 0 Å². The third-order valence-electron chi connectivity index (χ3n) is 1.15. The lowest BCUT2D eigenvalue weighted by molar-refractivity contribution is -0.113. The molecule has 0 aliphatic heterocycles. The van der Waals surface area contributed by atoms with E-state index in [1.165, 1.54) is 7.11 Å². The summed E-state index contributed by atoms with van der Waals surface area (Å²) < 4.78 is 4.41. The predicted octanol–water partition coefficient (Wildman–Crippen LogP) is 0.502. The number of hydrogen-bond acceptors (Lipinski definition) is 6.